The number of halogens is 1. The minimum Gasteiger partial charge on any atom is -0.378 e. The topological polar surface area (TPSA) is 63.4 Å². The maximum atomic E-state index is 6.17. The molecule has 2 aromatic rings. The van der Waals surface area contributed by atoms with Crippen LogP contribution in [0.4, 0.5) is 11.4 Å². The van der Waals surface area contributed by atoms with Gasteiger partial charge >= 0.3 is 0 Å². The number of benzene rings is 1. The average Bonchev–Trinajstić information content (AvgIpc) is 3.03. The lowest BCUT2D eigenvalue weighted by atomic mass is 9.96. The normalized spacial score (nSPS) is 15.6. The third-order valence-corrected chi connectivity index (χ3v) is 4.11. The van der Waals surface area contributed by atoms with Gasteiger partial charge in [0.2, 0.25) is 5.89 Å². The van der Waals surface area contributed by atoms with Gasteiger partial charge in [0.05, 0.1) is 31.1 Å². The van der Waals surface area contributed by atoms with Gasteiger partial charge in [-0.25, -0.2) is 0 Å². The molecule has 6 nitrogen and oxygen atoms in total. The maximum Gasteiger partial charge on any atom is 0.245 e. The molecular formula is C17H23ClN4O2. The van der Waals surface area contributed by atoms with Crippen LogP contribution >= 0.6 is 11.6 Å². The summed E-state index contributed by atoms with van der Waals surface area (Å²) in [5.74, 6) is 1.27. The van der Waals surface area contributed by atoms with Crippen LogP contribution in [-0.2, 0) is 16.7 Å². The smallest absolute Gasteiger partial charge is 0.245 e. The van der Waals surface area contributed by atoms with Gasteiger partial charge in [0.25, 0.3) is 0 Å². The van der Waals surface area contributed by atoms with E-state index in [1.807, 2.05) is 18.2 Å². The fraction of sp³-hybridized carbons (Fsp3) is 0.529. The number of hydrogen-bond acceptors (Lipinski definition) is 6. The molecule has 2 heterocycles. The van der Waals surface area contributed by atoms with E-state index in [0.717, 1.165) is 37.7 Å². The minimum atomic E-state index is -0.128. The van der Waals surface area contributed by atoms with Gasteiger partial charge in [-0.05, 0) is 18.2 Å². The van der Waals surface area contributed by atoms with Gasteiger partial charge in [-0.15, -0.1) is 0 Å². The molecule has 1 fully saturated rings. The highest BCUT2D eigenvalue weighted by Gasteiger charge is 2.21. The summed E-state index contributed by atoms with van der Waals surface area (Å²) < 4.78 is 10.8. The van der Waals surface area contributed by atoms with Gasteiger partial charge in [0, 0.05) is 23.5 Å². The highest BCUT2D eigenvalue weighted by Crippen LogP contribution is 2.30. The molecule has 24 heavy (non-hydrogen) atoms. The predicted octanol–water partition coefficient (Wildman–Crippen LogP) is 3.47. The van der Waals surface area contributed by atoms with Crippen molar-refractivity contribution in [3.8, 4) is 0 Å². The van der Waals surface area contributed by atoms with Gasteiger partial charge in [0.15, 0.2) is 5.82 Å². The Labute approximate surface area is 147 Å². The van der Waals surface area contributed by atoms with Crippen molar-refractivity contribution in [2.45, 2.75) is 32.7 Å². The molecule has 0 atom stereocenters. The number of nitrogens with zero attached hydrogens (tertiary/aromatic N) is 3. The van der Waals surface area contributed by atoms with Crippen LogP contribution in [-0.4, -0.2) is 36.4 Å². The first kappa shape index (κ1) is 17.0. The van der Waals surface area contributed by atoms with Crippen LogP contribution in [0.25, 0.3) is 0 Å². The van der Waals surface area contributed by atoms with Crippen LogP contribution in [0.5, 0.6) is 0 Å². The van der Waals surface area contributed by atoms with Crippen LogP contribution in [0.15, 0.2) is 22.7 Å². The molecule has 1 N–H and O–H groups in total. The van der Waals surface area contributed by atoms with Crippen molar-refractivity contribution < 1.29 is 9.26 Å². The second-order valence-corrected chi connectivity index (χ2v) is 7.31. The fourth-order valence-electron chi connectivity index (χ4n) is 2.53. The second-order valence-electron chi connectivity index (χ2n) is 6.88. The summed E-state index contributed by atoms with van der Waals surface area (Å²) in [6.45, 7) is 9.84. The Morgan fingerprint density at radius 3 is 2.67 bits per heavy atom. The Balaban J connectivity index is 1.74. The zero-order valence-corrected chi connectivity index (χ0v) is 15.1. The molecule has 0 bridgehead atoms. The molecule has 0 spiro atoms. The summed E-state index contributed by atoms with van der Waals surface area (Å²) in [4.78, 5) is 6.74. The molecule has 0 radical (unpaired) electrons. The zero-order valence-electron chi connectivity index (χ0n) is 14.3. The molecule has 0 amide bonds. The van der Waals surface area contributed by atoms with E-state index >= 15 is 0 Å². The molecule has 0 aliphatic carbocycles. The first-order valence-corrected chi connectivity index (χ1v) is 8.50. The summed E-state index contributed by atoms with van der Waals surface area (Å²) in [5.41, 5.74) is 1.94. The van der Waals surface area contributed by atoms with E-state index in [1.165, 1.54) is 0 Å². The molecule has 0 saturated carbocycles. The molecule has 0 unspecified atom stereocenters. The molecule has 1 aliphatic rings. The van der Waals surface area contributed by atoms with Crippen LogP contribution in [0.3, 0.4) is 0 Å². The Kier molecular flexibility index (Phi) is 4.96. The van der Waals surface area contributed by atoms with Gasteiger partial charge in [-0.3, -0.25) is 0 Å². The minimum absolute atomic E-state index is 0.128. The molecule has 1 saturated heterocycles. The van der Waals surface area contributed by atoms with Crippen LogP contribution < -0.4 is 10.2 Å². The summed E-state index contributed by atoms with van der Waals surface area (Å²) >= 11 is 6.17. The first-order valence-electron chi connectivity index (χ1n) is 8.13. The number of morpholine rings is 1. The lowest BCUT2D eigenvalue weighted by Gasteiger charge is -2.30. The number of anilines is 2. The van der Waals surface area contributed by atoms with Gasteiger partial charge in [0.1, 0.15) is 0 Å². The van der Waals surface area contributed by atoms with E-state index < -0.39 is 0 Å². The quantitative estimate of drug-likeness (QED) is 0.911. The van der Waals surface area contributed by atoms with Crippen molar-refractivity contribution in [2.24, 2.45) is 0 Å². The van der Waals surface area contributed by atoms with Crippen LogP contribution in [0, 0.1) is 0 Å². The molecule has 1 aromatic carbocycles. The van der Waals surface area contributed by atoms with Crippen molar-refractivity contribution in [3.63, 3.8) is 0 Å². The molecule has 1 aromatic heterocycles. The molecule has 3 rings (SSSR count). The number of nitrogens with one attached hydrogen (secondary N) is 1. The monoisotopic (exact) mass is 350 g/mol. The molecular weight excluding hydrogens is 328 g/mol. The summed E-state index contributed by atoms with van der Waals surface area (Å²) in [6, 6.07) is 5.86. The van der Waals surface area contributed by atoms with Gasteiger partial charge in [-0.1, -0.05) is 37.5 Å². The predicted molar refractivity (Wildman–Crippen MR) is 94.8 cm³/mol. The van der Waals surface area contributed by atoms with Crippen LogP contribution in [0.2, 0.25) is 5.02 Å². The van der Waals surface area contributed by atoms with Gasteiger partial charge < -0.3 is 19.5 Å². The van der Waals surface area contributed by atoms with Crippen molar-refractivity contribution in [3.05, 3.63) is 34.9 Å². The highest BCUT2D eigenvalue weighted by atomic mass is 35.5. The Morgan fingerprint density at radius 2 is 2.00 bits per heavy atom. The van der Waals surface area contributed by atoms with Crippen molar-refractivity contribution in [2.75, 3.05) is 36.5 Å². The number of hydrogen-bond donors (Lipinski definition) is 1. The zero-order chi connectivity index (χ0) is 17.2. The Bertz CT molecular complexity index is 690. The summed E-state index contributed by atoms with van der Waals surface area (Å²) in [6.07, 6.45) is 0. The SMILES string of the molecule is CC(C)(C)c1noc(CNc2cc(Cl)ccc2N2CCOCC2)n1. The largest absolute Gasteiger partial charge is 0.378 e. The molecule has 7 heteroatoms. The Morgan fingerprint density at radius 1 is 1.25 bits per heavy atom. The van der Waals surface area contributed by atoms with E-state index in [0.29, 0.717) is 23.3 Å². The lowest BCUT2D eigenvalue weighted by molar-refractivity contribution is 0.123. The number of rotatable bonds is 4. The van der Waals surface area contributed by atoms with Crippen molar-refractivity contribution in [1.82, 2.24) is 10.1 Å². The molecule has 130 valence electrons. The van der Waals surface area contributed by atoms with Crippen molar-refractivity contribution >= 4 is 23.0 Å². The Hall–Kier alpha value is -1.79. The first-order chi connectivity index (χ1) is 11.4. The molecule has 1 aliphatic heterocycles. The maximum absolute atomic E-state index is 6.17. The van der Waals surface area contributed by atoms with E-state index in [-0.39, 0.29) is 5.41 Å². The summed E-state index contributed by atoms with van der Waals surface area (Å²) in [7, 11) is 0. The van der Waals surface area contributed by atoms with Crippen molar-refractivity contribution in [1.29, 1.82) is 0 Å². The standard InChI is InChI=1S/C17H23ClN4O2/c1-17(2,3)16-20-15(24-21-16)11-19-13-10-12(18)4-5-14(13)22-6-8-23-9-7-22/h4-5,10,19H,6-9,11H2,1-3H3. The van der Waals surface area contributed by atoms with E-state index in [1.54, 1.807) is 0 Å². The second kappa shape index (κ2) is 6.99. The third kappa shape index (κ3) is 3.99. The lowest BCUT2D eigenvalue weighted by Crippen LogP contribution is -2.36. The van der Waals surface area contributed by atoms with E-state index in [9.17, 15) is 0 Å². The number of aromatic nitrogens is 2. The fourth-order valence-corrected chi connectivity index (χ4v) is 2.70. The van der Waals surface area contributed by atoms with Crippen LogP contribution in [0.1, 0.15) is 32.5 Å². The number of ether oxygens (including phenoxy) is 1. The van der Waals surface area contributed by atoms with E-state index in [2.05, 4.69) is 41.1 Å². The highest BCUT2D eigenvalue weighted by molar-refractivity contribution is 6.31. The third-order valence-electron chi connectivity index (χ3n) is 3.88. The van der Waals surface area contributed by atoms with E-state index in [4.69, 9.17) is 20.9 Å². The van der Waals surface area contributed by atoms with Gasteiger partial charge in [-0.2, -0.15) is 4.98 Å². The average molecular weight is 351 g/mol. The summed E-state index contributed by atoms with van der Waals surface area (Å²) in [5, 5.41) is 8.11.